The fraction of sp³-hybridized carbons (Fsp3) is 0.429. The number of hydrogen-bond acceptors (Lipinski definition) is 6. The van der Waals surface area contributed by atoms with Crippen LogP contribution in [0.2, 0.25) is 0 Å². The Morgan fingerprint density at radius 3 is 2.66 bits per heavy atom. The largest absolute Gasteiger partial charge is 0.497 e. The number of carbonyl (C=O) groups is 2. The Balaban J connectivity index is 1.88. The molecule has 1 aromatic heterocycles. The van der Waals surface area contributed by atoms with Gasteiger partial charge in [-0.15, -0.1) is 11.3 Å². The molecule has 1 fully saturated rings. The minimum Gasteiger partial charge on any atom is -0.497 e. The molecule has 0 aliphatic carbocycles. The zero-order chi connectivity index (χ0) is 20.8. The SMILES string of the molecule is COCCNC(=O)C1CN(C(=O)c2cccs2)CC1c1ccc(OC)cc1OC. The molecule has 0 radical (unpaired) electrons. The van der Waals surface area contributed by atoms with E-state index in [0.717, 1.165) is 5.56 Å². The average molecular weight is 419 g/mol. The van der Waals surface area contributed by atoms with Gasteiger partial charge in [0.05, 0.1) is 31.6 Å². The van der Waals surface area contributed by atoms with Gasteiger partial charge < -0.3 is 24.4 Å². The fourth-order valence-electron chi connectivity index (χ4n) is 3.64. The number of amides is 2. The van der Waals surface area contributed by atoms with Crippen molar-refractivity contribution in [2.45, 2.75) is 5.92 Å². The zero-order valence-corrected chi connectivity index (χ0v) is 17.7. The molecule has 8 heteroatoms. The Morgan fingerprint density at radius 2 is 2.00 bits per heavy atom. The maximum Gasteiger partial charge on any atom is 0.263 e. The first-order chi connectivity index (χ1) is 14.1. The Labute approximate surface area is 174 Å². The van der Waals surface area contributed by atoms with Crippen molar-refractivity contribution in [3.63, 3.8) is 0 Å². The van der Waals surface area contributed by atoms with E-state index in [1.54, 1.807) is 32.3 Å². The molecule has 1 aliphatic rings. The van der Waals surface area contributed by atoms with Crippen molar-refractivity contribution >= 4 is 23.2 Å². The van der Waals surface area contributed by atoms with Crippen molar-refractivity contribution in [3.8, 4) is 11.5 Å². The van der Waals surface area contributed by atoms with Gasteiger partial charge in [0.15, 0.2) is 0 Å². The third-order valence-corrected chi connectivity index (χ3v) is 5.98. The number of thiophene rings is 1. The Bertz CT molecular complexity index is 840. The van der Waals surface area contributed by atoms with Crippen LogP contribution in [0.15, 0.2) is 35.7 Å². The highest BCUT2D eigenvalue weighted by Crippen LogP contribution is 2.39. The highest BCUT2D eigenvalue weighted by atomic mass is 32.1. The molecular formula is C21H26N2O5S. The molecule has 1 N–H and O–H groups in total. The minimum atomic E-state index is -0.377. The van der Waals surface area contributed by atoms with Crippen LogP contribution in [0.1, 0.15) is 21.2 Å². The van der Waals surface area contributed by atoms with E-state index in [-0.39, 0.29) is 23.7 Å². The van der Waals surface area contributed by atoms with Gasteiger partial charge in [0.1, 0.15) is 11.5 Å². The van der Waals surface area contributed by atoms with Crippen LogP contribution in [0.3, 0.4) is 0 Å². The van der Waals surface area contributed by atoms with Gasteiger partial charge in [-0.25, -0.2) is 0 Å². The molecule has 2 heterocycles. The van der Waals surface area contributed by atoms with Crippen LogP contribution < -0.4 is 14.8 Å². The summed E-state index contributed by atoms with van der Waals surface area (Å²) >= 11 is 1.40. The van der Waals surface area contributed by atoms with Crippen LogP contribution in [0.5, 0.6) is 11.5 Å². The van der Waals surface area contributed by atoms with E-state index < -0.39 is 0 Å². The van der Waals surface area contributed by atoms with Crippen LogP contribution in [0.4, 0.5) is 0 Å². The molecular weight excluding hydrogens is 392 g/mol. The third-order valence-electron chi connectivity index (χ3n) is 5.12. The lowest BCUT2D eigenvalue weighted by Gasteiger charge is -2.20. The van der Waals surface area contributed by atoms with E-state index >= 15 is 0 Å². The van der Waals surface area contributed by atoms with E-state index in [1.165, 1.54) is 11.3 Å². The summed E-state index contributed by atoms with van der Waals surface area (Å²) in [6.45, 7) is 1.67. The first-order valence-electron chi connectivity index (χ1n) is 9.40. The first-order valence-corrected chi connectivity index (χ1v) is 10.3. The summed E-state index contributed by atoms with van der Waals surface area (Å²) in [7, 11) is 4.78. The zero-order valence-electron chi connectivity index (χ0n) is 16.8. The predicted molar refractivity (Wildman–Crippen MR) is 111 cm³/mol. The molecule has 2 aromatic rings. The molecule has 2 amide bonds. The van der Waals surface area contributed by atoms with Crippen LogP contribution in [0, 0.1) is 5.92 Å². The van der Waals surface area contributed by atoms with Gasteiger partial charge in [-0.3, -0.25) is 9.59 Å². The number of ether oxygens (including phenoxy) is 3. The van der Waals surface area contributed by atoms with E-state index in [2.05, 4.69) is 5.32 Å². The average Bonchev–Trinajstić information content (AvgIpc) is 3.43. The summed E-state index contributed by atoms with van der Waals surface area (Å²) in [6, 6.07) is 9.23. The number of benzene rings is 1. The van der Waals surface area contributed by atoms with Crippen molar-refractivity contribution in [2.75, 3.05) is 47.6 Å². The van der Waals surface area contributed by atoms with Gasteiger partial charge in [-0.1, -0.05) is 12.1 Å². The summed E-state index contributed by atoms with van der Waals surface area (Å²) in [5, 5.41) is 4.79. The summed E-state index contributed by atoms with van der Waals surface area (Å²) in [5.74, 6) is 0.627. The number of carbonyl (C=O) groups excluding carboxylic acids is 2. The Kier molecular flexibility index (Phi) is 7.11. The lowest BCUT2D eigenvalue weighted by molar-refractivity contribution is -0.125. The molecule has 156 valence electrons. The van der Waals surface area contributed by atoms with Crippen LogP contribution >= 0.6 is 11.3 Å². The molecule has 7 nitrogen and oxygen atoms in total. The standard InChI is InChI=1S/C21H26N2O5S/c1-26-9-8-22-20(24)17-13-23(21(25)19-5-4-10-29-19)12-16(17)15-7-6-14(27-2)11-18(15)28-3/h4-7,10-11,16-17H,8-9,12-13H2,1-3H3,(H,22,24). The summed E-state index contributed by atoms with van der Waals surface area (Å²) in [5.41, 5.74) is 0.890. The van der Waals surface area contributed by atoms with Crippen molar-refractivity contribution in [1.82, 2.24) is 10.2 Å². The van der Waals surface area contributed by atoms with Gasteiger partial charge in [0.25, 0.3) is 5.91 Å². The van der Waals surface area contributed by atoms with E-state index in [0.29, 0.717) is 42.6 Å². The smallest absolute Gasteiger partial charge is 0.263 e. The van der Waals surface area contributed by atoms with Crippen LogP contribution in [-0.2, 0) is 9.53 Å². The Hall–Kier alpha value is -2.58. The van der Waals surface area contributed by atoms with Gasteiger partial charge in [0.2, 0.25) is 5.91 Å². The predicted octanol–water partition coefficient (Wildman–Crippen LogP) is 2.38. The summed E-state index contributed by atoms with van der Waals surface area (Å²) in [4.78, 5) is 28.2. The van der Waals surface area contributed by atoms with E-state index in [1.807, 2.05) is 29.6 Å². The maximum absolute atomic E-state index is 12.9. The molecule has 1 saturated heterocycles. The lowest BCUT2D eigenvalue weighted by atomic mass is 9.87. The molecule has 0 bridgehead atoms. The van der Waals surface area contributed by atoms with Crippen molar-refractivity contribution in [2.24, 2.45) is 5.92 Å². The first kappa shape index (κ1) is 21.1. The second kappa shape index (κ2) is 9.76. The van der Waals surface area contributed by atoms with Gasteiger partial charge in [-0.2, -0.15) is 0 Å². The number of nitrogens with one attached hydrogen (secondary N) is 1. The molecule has 2 unspecified atom stereocenters. The quantitative estimate of drug-likeness (QED) is 0.666. The molecule has 1 aromatic carbocycles. The van der Waals surface area contributed by atoms with Crippen molar-refractivity contribution in [1.29, 1.82) is 0 Å². The molecule has 0 spiro atoms. The number of hydrogen-bond donors (Lipinski definition) is 1. The van der Waals surface area contributed by atoms with E-state index in [4.69, 9.17) is 14.2 Å². The highest BCUT2D eigenvalue weighted by Gasteiger charge is 2.41. The van der Waals surface area contributed by atoms with Crippen molar-refractivity contribution in [3.05, 3.63) is 46.2 Å². The lowest BCUT2D eigenvalue weighted by Crippen LogP contribution is -2.37. The fourth-order valence-corrected chi connectivity index (χ4v) is 4.33. The number of likely N-dealkylation sites (tertiary alicyclic amines) is 1. The molecule has 2 atom stereocenters. The monoisotopic (exact) mass is 418 g/mol. The maximum atomic E-state index is 12.9. The van der Waals surface area contributed by atoms with Gasteiger partial charge in [0, 0.05) is 44.3 Å². The van der Waals surface area contributed by atoms with Gasteiger partial charge >= 0.3 is 0 Å². The highest BCUT2D eigenvalue weighted by molar-refractivity contribution is 7.12. The number of rotatable bonds is 8. The summed E-state index contributed by atoms with van der Waals surface area (Å²) < 4.78 is 15.9. The number of methoxy groups -OCH3 is 3. The molecule has 29 heavy (non-hydrogen) atoms. The van der Waals surface area contributed by atoms with Crippen molar-refractivity contribution < 1.29 is 23.8 Å². The molecule has 3 rings (SSSR count). The van der Waals surface area contributed by atoms with Crippen LogP contribution in [-0.4, -0.2) is 64.3 Å². The minimum absolute atomic E-state index is 0.0512. The third kappa shape index (κ3) is 4.71. The molecule has 1 aliphatic heterocycles. The molecule has 0 saturated carbocycles. The van der Waals surface area contributed by atoms with Crippen LogP contribution in [0.25, 0.3) is 0 Å². The Morgan fingerprint density at radius 1 is 1.17 bits per heavy atom. The van der Waals surface area contributed by atoms with Gasteiger partial charge in [-0.05, 0) is 17.5 Å². The normalized spacial score (nSPS) is 18.5. The topological polar surface area (TPSA) is 77.1 Å². The van der Waals surface area contributed by atoms with E-state index in [9.17, 15) is 9.59 Å². The second-order valence-corrected chi connectivity index (χ2v) is 7.74. The second-order valence-electron chi connectivity index (χ2n) is 6.79. The summed E-state index contributed by atoms with van der Waals surface area (Å²) in [6.07, 6.45) is 0. The number of nitrogens with zero attached hydrogens (tertiary/aromatic N) is 1.